The number of hydrogen-bond donors (Lipinski definition) is 0. The molecule has 0 aliphatic heterocycles. The van der Waals surface area contributed by atoms with Crippen molar-refractivity contribution in [1.29, 1.82) is 0 Å². The van der Waals surface area contributed by atoms with Crippen LogP contribution in [0.3, 0.4) is 0 Å². The summed E-state index contributed by atoms with van der Waals surface area (Å²) < 4.78 is 0. The molecule has 21 heavy (non-hydrogen) atoms. The zero-order chi connectivity index (χ0) is 15.3. The Balaban J connectivity index is 2.05. The summed E-state index contributed by atoms with van der Waals surface area (Å²) in [4.78, 5) is 0. The molecule has 1 N–H and O–H groups in total. The Bertz CT molecular complexity index is 533. The number of nitrogens with one attached hydrogen (secondary N) is 1. The fourth-order valence-corrected chi connectivity index (χ4v) is 5.21. The molecule has 1 aromatic carbocycles. The highest BCUT2D eigenvalue weighted by atomic mass is 14.7. The maximum absolute atomic E-state index is 8.08. The van der Waals surface area contributed by atoms with Gasteiger partial charge in [0, 0.05) is 6.54 Å². The first-order chi connectivity index (χ1) is 9.90. The van der Waals surface area contributed by atoms with Crippen molar-refractivity contribution in [2.75, 3.05) is 6.54 Å². The van der Waals surface area contributed by atoms with E-state index in [4.69, 9.17) is 5.73 Å². The lowest BCUT2D eigenvalue weighted by Gasteiger charge is -2.55. The highest BCUT2D eigenvalue weighted by Crippen LogP contribution is 2.57. The van der Waals surface area contributed by atoms with Gasteiger partial charge in [-0.2, -0.15) is 0 Å². The highest BCUT2D eigenvalue weighted by molar-refractivity contribution is 5.42. The molecule has 3 rings (SSSR count). The van der Waals surface area contributed by atoms with E-state index < -0.39 is 0 Å². The monoisotopic (exact) mass is 284 g/mol. The third-order valence-corrected chi connectivity index (χ3v) is 6.57. The Hall–Kier alpha value is -0.820. The fraction of sp³-hybridized carbons (Fsp3) is 0.700. The third-order valence-electron chi connectivity index (χ3n) is 6.57. The van der Waals surface area contributed by atoms with Crippen molar-refractivity contribution in [2.24, 2.45) is 11.3 Å². The molecule has 0 spiro atoms. The van der Waals surface area contributed by atoms with Gasteiger partial charge in [-0.1, -0.05) is 52.3 Å². The second kappa shape index (κ2) is 5.12. The van der Waals surface area contributed by atoms with Crippen LogP contribution in [0.4, 0.5) is 0 Å². The van der Waals surface area contributed by atoms with Crippen molar-refractivity contribution >= 4 is 0 Å². The van der Waals surface area contributed by atoms with Crippen molar-refractivity contribution in [1.82, 2.24) is 5.73 Å². The van der Waals surface area contributed by atoms with Crippen molar-refractivity contribution in [3.8, 4) is 0 Å². The SMILES string of the molecule is CC(C)c1ccc2c(c1)CC[C@H]1[C@](C)(C[NH])CCC[C@]21C. The Labute approximate surface area is 130 Å². The first kappa shape index (κ1) is 15.1. The Kier molecular flexibility index (Phi) is 3.68. The van der Waals surface area contributed by atoms with Gasteiger partial charge in [0.1, 0.15) is 0 Å². The summed E-state index contributed by atoms with van der Waals surface area (Å²) in [6.45, 7) is 10.0. The summed E-state index contributed by atoms with van der Waals surface area (Å²) in [5.41, 5.74) is 13.3. The zero-order valence-corrected chi connectivity index (χ0v) is 14.1. The predicted molar refractivity (Wildman–Crippen MR) is 89.6 cm³/mol. The minimum absolute atomic E-state index is 0.224. The van der Waals surface area contributed by atoms with Gasteiger partial charge in [-0.05, 0) is 65.0 Å². The first-order valence-electron chi connectivity index (χ1n) is 8.68. The van der Waals surface area contributed by atoms with E-state index in [0.717, 1.165) is 0 Å². The van der Waals surface area contributed by atoms with E-state index in [0.29, 0.717) is 23.8 Å². The van der Waals surface area contributed by atoms with Gasteiger partial charge in [0.25, 0.3) is 0 Å². The molecule has 115 valence electrons. The molecule has 2 aliphatic rings. The molecule has 0 aromatic heterocycles. The summed E-state index contributed by atoms with van der Waals surface area (Å²) in [5, 5.41) is 0. The second-order valence-electron chi connectivity index (χ2n) is 8.26. The number of rotatable bonds is 2. The van der Waals surface area contributed by atoms with Crippen LogP contribution < -0.4 is 5.73 Å². The lowest BCUT2D eigenvalue weighted by molar-refractivity contribution is 0.0314. The summed E-state index contributed by atoms with van der Waals surface area (Å²) >= 11 is 0. The fourth-order valence-electron chi connectivity index (χ4n) is 5.21. The van der Waals surface area contributed by atoms with Gasteiger partial charge in [0.15, 0.2) is 0 Å². The lowest BCUT2D eigenvalue weighted by atomic mass is 9.50. The van der Waals surface area contributed by atoms with E-state index in [1.807, 2.05) is 0 Å². The topological polar surface area (TPSA) is 23.8 Å². The van der Waals surface area contributed by atoms with Crippen LogP contribution in [0.15, 0.2) is 18.2 Å². The Morgan fingerprint density at radius 3 is 2.67 bits per heavy atom. The smallest absolute Gasteiger partial charge is 0.0157 e. The number of fused-ring (bicyclic) bond motifs is 3. The van der Waals surface area contributed by atoms with Crippen molar-refractivity contribution in [3.63, 3.8) is 0 Å². The molecule has 1 saturated carbocycles. The predicted octanol–water partition coefficient (Wildman–Crippen LogP) is 5.10. The van der Waals surface area contributed by atoms with E-state index in [2.05, 4.69) is 45.9 Å². The van der Waals surface area contributed by atoms with Gasteiger partial charge in [0.2, 0.25) is 0 Å². The number of aryl methyl sites for hydroxylation is 1. The van der Waals surface area contributed by atoms with Gasteiger partial charge in [-0.25, -0.2) is 0 Å². The average Bonchev–Trinajstić information content (AvgIpc) is 2.46. The quantitative estimate of drug-likeness (QED) is 0.721. The van der Waals surface area contributed by atoms with E-state index in [1.54, 1.807) is 11.1 Å². The van der Waals surface area contributed by atoms with Crippen LogP contribution in [0.2, 0.25) is 0 Å². The molecule has 0 heterocycles. The number of benzene rings is 1. The second-order valence-corrected chi connectivity index (χ2v) is 8.26. The minimum Gasteiger partial charge on any atom is -0.257 e. The van der Waals surface area contributed by atoms with Crippen molar-refractivity contribution in [2.45, 2.75) is 71.1 Å². The molecule has 2 aliphatic carbocycles. The molecule has 3 atom stereocenters. The standard InChI is InChI=1S/C20H30N/c1-14(2)15-6-8-17-16(12-15)7-9-18-19(3,13-21)10-5-11-20(17,18)4/h6,8,12,14,18,21H,5,7,9-11,13H2,1-4H3/t18-,19-,20+/m0/s1. The number of hydrogen-bond acceptors (Lipinski definition) is 0. The van der Waals surface area contributed by atoms with Crippen LogP contribution in [0, 0.1) is 11.3 Å². The molecule has 1 radical (unpaired) electrons. The van der Waals surface area contributed by atoms with Gasteiger partial charge < -0.3 is 0 Å². The van der Waals surface area contributed by atoms with Crippen LogP contribution in [-0.2, 0) is 11.8 Å². The van der Waals surface area contributed by atoms with Crippen LogP contribution in [0.25, 0.3) is 0 Å². The molecule has 1 aromatic rings. The molecule has 0 bridgehead atoms. The minimum atomic E-state index is 0.224. The largest absolute Gasteiger partial charge is 0.257 e. The van der Waals surface area contributed by atoms with Crippen LogP contribution in [-0.4, -0.2) is 6.54 Å². The summed E-state index contributed by atoms with van der Waals surface area (Å²) in [7, 11) is 0. The van der Waals surface area contributed by atoms with Crippen LogP contribution >= 0.6 is 0 Å². The van der Waals surface area contributed by atoms with Crippen LogP contribution in [0.1, 0.15) is 76.0 Å². The molecule has 1 heteroatoms. The molecule has 0 amide bonds. The van der Waals surface area contributed by atoms with Crippen molar-refractivity contribution in [3.05, 3.63) is 34.9 Å². The molecular weight excluding hydrogens is 254 g/mol. The molecule has 1 fully saturated rings. The van der Waals surface area contributed by atoms with Gasteiger partial charge >= 0.3 is 0 Å². The normalized spacial score (nSPS) is 35.4. The average molecular weight is 284 g/mol. The van der Waals surface area contributed by atoms with Gasteiger partial charge in [0.05, 0.1) is 0 Å². The van der Waals surface area contributed by atoms with E-state index in [-0.39, 0.29) is 5.41 Å². The molecule has 0 saturated heterocycles. The Morgan fingerprint density at radius 2 is 2.00 bits per heavy atom. The summed E-state index contributed by atoms with van der Waals surface area (Å²) in [5.74, 6) is 1.30. The Morgan fingerprint density at radius 1 is 1.24 bits per heavy atom. The molecule has 0 unspecified atom stereocenters. The highest BCUT2D eigenvalue weighted by Gasteiger charge is 2.51. The van der Waals surface area contributed by atoms with E-state index in [9.17, 15) is 0 Å². The van der Waals surface area contributed by atoms with Crippen molar-refractivity contribution < 1.29 is 0 Å². The summed E-state index contributed by atoms with van der Waals surface area (Å²) in [6.07, 6.45) is 6.33. The van der Waals surface area contributed by atoms with Crippen LogP contribution in [0.5, 0.6) is 0 Å². The van der Waals surface area contributed by atoms with Gasteiger partial charge in [-0.3, -0.25) is 5.73 Å². The lowest BCUT2D eigenvalue weighted by Crippen LogP contribution is -2.50. The molecular formula is C20H30N. The van der Waals surface area contributed by atoms with E-state index >= 15 is 0 Å². The van der Waals surface area contributed by atoms with E-state index in [1.165, 1.54) is 37.7 Å². The zero-order valence-electron chi connectivity index (χ0n) is 14.1. The maximum Gasteiger partial charge on any atom is 0.0157 e. The first-order valence-corrected chi connectivity index (χ1v) is 8.68. The molecule has 1 nitrogen and oxygen atoms in total. The third kappa shape index (κ3) is 2.25. The summed E-state index contributed by atoms with van der Waals surface area (Å²) in [6, 6.07) is 7.24. The van der Waals surface area contributed by atoms with Gasteiger partial charge in [-0.15, -0.1) is 0 Å². The maximum atomic E-state index is 8.08.